The lowest BCUT2D eigenvalue weighted by molar-refractivity contribution is 0.00578. The summed E-state index contributed by atoms with van der Waals surface area (Å²) in [6, 6.07) is 21.4. The summed E-state index contributed by atoms with van der Waals surface area (Å²) in [5, 5.41) is 3.32. The number of alkyl carbamates (subject to hydrolysis) is 1. The average Bonchev–Trinajstić information content (AvgIpc) is 3.35. The first-order valence-electron chi connectivity index (χ1n) is 13.0. The van der Waals surface area contributed by atoms with Crippen LogP contribution in [0.5, 0.6) is 0 Å². The summed E-state index contributed by atoms with van der Waals surface area (Å²) in [5.41, 5.74) is 5.24. The minimum absolute atomic E-state index is 0.0360. The van der Waals surface area contributed by atoms with Crippen LogP contribution >= 0.6 is 11.6 Å². The number of hydrogen-bond donors (Lipinski definition) is 1. The van der Waals surface area contributed by atoms with Crippen molar-refractivity contribution in [2.24, 2.45) is 0 Å². The van der Waals surface area contributed by atoms with Gasteiger partial charge in [-0.05, 0) is 73.1 Å². The third-order valence-corrected chi connectivity index (χ3v) is 8.18. The Morgan fingerprint density at radius 2 is 1.56 bits per heavy atom. The van der Waals surface area contributed by atoms with Crippen molar-refractivity contribution in [1.29, 1.82) is 0 Å². The highest BCUT2D eigenvalue weighted by Crippen LogP contribution is 2.44. The van der Waals surface area contributed by atoms with Crippen molar-refractivity contribution < 1.29 is 23.6 Å². The molecule has 1 amide bonds. The first-order valence-corrected chi connectivity index (χ1v) is 13.4. The molecule has 6 nitrogen and oxygen atoms in total. The molecular weight excluding hydrogens is 513 g/mol. The molecule has 5 rings (SSSR count). The van der Waals surface area contributed by atoms with E-state index in [1.165, 1.54) is 11.1 Å². The first-order chi connectivity index (χ1) is 18.6. The van der Waals surface area contributed by atoms with Gasteiger partial charge in [0.05, 0.1) is 11.2 Å². The Morgan fingerprint density at radius 3 is 2.15 bits per heavy atom. The molecule has 0 radical (unpaired) electrons. The molecule has 0 saturated carbocycles. The highest BCUT2D eigenvalue weighted by atomic mass is 35.5. The van der Waals surface area contributed by atoms with E-state index < -0.39 is 24.4 Å². The number of carbonyl (C=O) groups excluding carboxylic acids is 2. The number of amides is 1. The van der Waals surface area contributed by atoms with E-state index in [0.717, 1.165) is 17.4 Å². The lowest BCUT2D eigenvalue weighted by Crippen LogP contribution is -2.41. The number of nitrogens with one attached hydrogen (secondary N) is 1. The summed E-state index contributed by atoms with van der Waals surface area (Å²) in [4.78, 5) is 24.2. The fourth-order valence-electron chi connectivity index (χ4n) is 4.97. The summed E-state index contributed by atoms with van der Waals surface area (Å²) >= 11 is 6.43. The Hall–Kier alpha value is -3.39. The minimum atomic E-state index is -0.722. The molecule has 8 heteroatoms. The van der Waals surface area contributed by atoms with Crippen LogP contribution in [0, 0.1) is 0 Å². The van der Waals surface area contributed by atoms with E-state index in [9.17, 15) is 9.59 Å². The molecule has 1 fully saturated rings. The molecule has 3 aromatic rings. The van der Waals surface area contributed by atoms with Crippen molar-refractivity contribution in [3.05, 3.63) is 99.5 Å². The summed E-state index contributed by atoms with van der Waals surface area (Å²) < 4.78 is 18.2. The van der Waals surface area contributed by atoms with Crippen LogP contribution in [0.4, 0.5) is 4.79 Å². The number of benzene rings is 3. The molecule has 39 heavy (non-hydrogen) atoms. The second-order valence-corrected chi connectivity index (χ2v) is 11.3. The quantitative estimate of drug-likeness (QED) is 0.265. The predicted octanol–water partition coefficient (Wildman–Crippen LogP) is 6.71. The zero-order chi connectivity index (χ0) is 27.8. The number of ether oxygens (including phenoxy) is 1. The summed E-state index contributed by atoms with van der Waals surface area (Å²) in [6.45, 7) is 8.16. The van der Waals surface area contributed by atoms with Crippen LogP contribution < -0.4 is 5.32 Å². The number of carbonyl (C=O) groups is 2. The second kappa shape index (κ2) is 10.6. The molecule has 1 saturated heterocycles. The van der Waals surface area contributed by atoms with Gasteiger partial charge in [0.15, 0.2) is 0 Å². The summed E-state index contributed by atoms with van der Waals surface area (Å²) in [7, 11) is -0.722. The summed E-state index contributed by atoms with van der Waals surface area (Å²) in [6.07, 6.45) is 2.00. The van der Waals surface area contributed by atoms with Crippen molar-refractivity contribution >= 4 is 37.2 Å². The van der Waals surface area contributed by atoms with Crippen LogP contribution in [0.15, 0.2) is 72.2 Å². The van der Waals surface area contributed by atoms with E-state index in [2.05, 4.69) is 29.6 Å². The van der Waals surface area contributed by atoms with Crippen molar-refractivity contribution in [2.45, 2.75) is 44.8 Å². The van der Waals surface area contributed by atoms with E-state index in [1.54, 1.807) is 24.3 Å². The maximum absolute atomic E-state index is 12.9. The van der Waals surface area contributed by atoms with Crippen LogP contribution in [0.3, 0.4) is 0 Å². The Bertz CT molecular complexity index is 1390. The zero-order valence-electron chi connectivity index (χ0n) is 22.5. The maximum Gasteiger partial charge on any atom is 0.492 e. The fraction of sp³-hybridized carbons (Fsp3) is 0.290. The first kappa shape index (κ1) is 27.2. The van der Waals surface area contributed by atoms with Gasteiger partial charge in [-0.2, -0.15) is 0 Å². The zero-order valence-corrected chi connectivity index (χ0v) is 23.2. The van der Waals surface area contributed by atoms with E-state index >= 15 is 0 Å². The van der Waals surface area contributed by atoms with Gasteiger partial charge in [0.2, 0.25) is 0 Å². The average molecular weight is 544 g/mol. The molecule has 1 aliphatic heterocycles. The van der Waals surface area contributed by atoms with E-state index in [0.29, 0.717) is 21.6 Å². The highest BCUT2D eigenvalue weighted by Gasteiger charge is 2.52. The van der Waals surface area contributed by atoms with Crippen LogP contribution in [-0.4, -0.2) is 43.9 Å². The molecule has 200 valence electrons. The van der Waals surface area contributed by atoms with Gasteiger partial charge in [-0.25, -0.2) is 4.79 Å². The molecule has 0 atom stereocenters. The van der Waals surface area contributed by atoms with Crippen LogP contribution in [0.25, 0.3) is 17.2 Å². The lowest BCUT2D eigenvalue weighted by atomic mass is 9.77. The molecule has 2 aliphatic rings. The molecule has 1 aliphatic carbocycles. The number of halogens is 1. The second-order valence-electron chi connectivity index (χ2n) is 10.9. The van der Waals surface area contributed by atoms with Crippen LogP contribution in [0.2, 0.25) is 5.02 Å². The van der Waals surface area contributed by atoms with Crippen molar-refractivity contribution in [3.8, 4) is 11.1 Å². The lowest BCUT2D eigenvalue weighted by Gasteiger charge is -2.32. The molecule has 0 aromatic heterocycles. The van der Waals surface area contributed by atoms with E-state index in [1.807, 2.05) is 52.0 Å². The van der Waals surface area contributed by atoms with Gasteiger partial charge in [0, 0.05) is 23.0 Å². The Labute approximate surface area is 234 Å². The van der Waals surface area contributed by atoms with Gasteiger partial charge >= 0.3 is 13.2 Å². The highest BCUT2D eigenvalue weighted by molar-refractivity contribution is 6.56. The molecule has 1 heterocycles. The van der Waals surface area contributed by atoms with Gasteiger partial charge in [-0.15, -0.1) is 0 Å². The smallest absolute Gasteiger partial charge is 0.449 e. The van der Waals surface area contributed by atoms with Gasteiger partial charge in [-0.1, -0.05) is 72.3 Å². The minimum Gasteiger partial charge on any atom is -0.449 e. The Kier molecular flexibility index (Phi) is 7.42. The third kappa shape index (κ3) is 5.39. The normalized spacial score (nSPS) is 17.5. The number of rotatable bonds is 7. The van der Waals surface area contributed by atoms with Gasteiger partial charge in [0.1, 0.15) is 12.9 Å². The van der Waals surface area contributed by atoms with Gasteiger partial charge in [0.25, 0.3) is 0 Å². The van der Waals surface area contributed by atoms with Crippen LogP contribution in [-0.2, 0) is 14.0 Å². The molecule has 0 spiro atoms. The van der Waals surface area contributed by atoms with E-state index in [4.69, 9.17) is 25.6 Å². The van der Waals surface area contributed by atoms with Crippen molar-refractivity contribution in [2.75, 3.05) is 13.2 Å². The molecular formula is C31H31BClNO5. The number of fused-ring (bicyclic) bond motifs is 3. The molecule has 0 unspecified atom stereocenters. The third-order valence-electron chi connectivity index (χ3n) is 7.83. The van der Waals surface area contributed by atoms with E-state index in [-0.39, 0.29) is 19.1 Å². The SMILES string of the molecule is CC1(C)OB(C(=Cc2cc(C=O)ccc2Cl)CNC(=O)OCC2c3ccccc3-c3ccccc32)OC1(C)C. The van der Waals surface area contributed by atoms with Gasteiger partial charge < -0.3 is 19.4 Å². The largest absolute Gasteiger partial charge is 0.492 e. The Balaban J connectivity index is 1.33. The Morgan fingerprint density at radius 1 is 0.974 bits per heavy atom. The van der Waals surface area contributed by atoms with Gasteiger partial charge in [-0.3, -0.25) is 4.79 Å². The molecule has 0 bridgehead atoms. The molecule has 1 N–H and O–H groups in total. The van der Waals surface area contributed by atoms with Crippen molar-refractivity contribution in [1.82, 2.24) is 5.32 Å². The topological polar surface area (TPSA) is 73.9 Å². The molecule has 3 aromatic carbocycles. The number of aldehydes is 1. The van der Waals surface area contributed by atoms with Crippen LogP contribution in [0.1, 0.15) is 60.7 Å². The number of hydrogen-bond acceptors (Lipinski definition) is 5. The standard InChI is InChI=1S/C31H31BClNO5/c1-30(2)31(3,4)39-32(38-30)22(16-21-15-20(18-35)13-14-28(21)33)17-34-29(36)37-19-27-25-11-7-5-9-23(25)24-10-6-8-12-26(24)27/h5-16,18,27H,17,19H2,1-4H3,(H,34,36). The maximum atomic E-state index is 12.9. The summed E-state index contributed by atoms with van der Waals surface area (Å²) in [5.74, 6) is -0.0360. The fourth-order valence-corrected chi connectivity index (χ4v) is 5.14. The predicted molar refractivity (Wildman–Crippen MR) is 154 cm³/mol. The van der Waals surface area contributed by atoms with Crippen molar-refractivity contribution in [3.63, 3.8) is 0 Å². The monoisotopic (exact) mass is 543 g/mol.